The lowest BCUT2D eigenvalue weighted by atomic mass is 9.83. The molecular weight excluding hydrogens is 408 g/mol. The number of nitriles is 1. The molecule has 0 spiro atoms. The normalized spacial score (nSPS) is 13.5. The van der Waals surface area contributed by atoms with Gasteiger partial charge in [0.25, 0.3) is 0 Å². The molecule has 2 aromatic carbocycles. The molecule has 0 amide bonds. The first-order valence-electron chi connectivity index (χ1n) is 10.2. The summed E-state index contributed by atoms with van der Waals surface area (Å²) in [6, 6.07) is 16.0. The van der Waals surface area contributed by atoms with Crippen molar-refractivity contribution in [1.82, 2.24) is 0 Å². The maximum absolute atomic E-state index is 12.9. The van der Waals surface area contributed by atoms with Gasteiger partial charge in [0.05, 0.1) is 49.0 Å². The molecular formula is C25H24N2O5. The van der Waals surface area contributed by atoms with Crippen molar-refractivity contribution in [2.24, 2.45) is 0 Å². The second-order valence-corrected chi connectivity index (χ2v) is 6.88. The molecule has 0 atom stereocenters. The van der Waals surface area contributed by atoms with Gasteiger partial charge in [-0.3, -0.25) is 0 Å². The van der Waals surface area contributed by atoms with Crippen molar-refractivity contribution in [2.45, 2.75) is 19.8 Å². The maximum atomic E-state index is 12.9. The molecule has 1 heterocycles. The van der Waals surface area contributed by atoms with Crippen LogP contribution >= 0.6 is 0 Å². The van der Waals surface area contributed by atoms with Gasteiger partial charge in [-0.15, -0.1) is 0 Å². The fraction of sp³-hybridized carbons (Fsp3) is 0.240. The fourth-order valence-corrected chi connectivity index (χ4v) is 3.44. The average Bonchev–Trinajstić information content (AvgIpc) is 2.83. The van der Waals surface area contributed by atoms with Crippen LogP contribution in [0.3, 0.4) is 0 Å². The zero-order valence-electron chi connectivity index (χ0n) is 18.2. The SMILES string of the molecule is CCOC(=O)C1=CN(c2ccc(OC)cc2)C=C(C(=O)OCC)C1c1ccc(C#N)cc1. The third-order valence-electron chi connectivity index (χ3n) is 4.94. The highest BCUT2D eigenvalue weighted by Gasteiger charge is 2.35. The van der Waals surface area contributed by atoms with Gasteiger partial charge in [0.15, 0.2) is 0 Å². The lowest BCUT2D eigenvalue weighted by molar-refractivity contribution is -0.139. The minimum atomic E-state index is -0.699. The Kier molecular flexibility index (Phi) is 7.29. The van der Waals surface area contributed by atoms with Gasteiger partial charge in [0.2, 0.25) is 0 Å². The molecule has 0 bridgehead atoms. The molecule has 1 aliphatic rings. The molecule has 0 saturated heterocycles. The quantitative estimate of drug-likeness (QED) is 0.610. The number of hydrogen-bond acceptors (Lipinski definition) is 7. The van der Waals surface area contributed by atoms with Crippen LogP contribution in [0.25, 0.3) is 0 Å². The van der Waals surface area contributed by atoms with Crippen LogP contribution < -0.4 is 9.64 Å². The summed E-state index contributed by atoms with van der Waals surface area (Å²) in [4.78, 5) is 27.6. The van der Waals surface area contributed by atoms with Gasteiger partial charge in [-0.25, -0.2) is 9.59 Å². The first kappa shape index (κ1) is 22.6. The van der Waals surface area contributed by atoms with Crippen molar-refractivity contribution in [3.05, 3.63) is 83.2 Å². The van der Waals surface area contributed by atoms with Gasteiger partial charge in [-0.1, -0.05) is 12.1 Å². The van der Waals surface area contributed by atoms with Gasteiger partial charge < -0.3 is 19.1 Å². The van der Waals surface area contributed by atoms with Crippen LogP contribution in [0.5, 0.6) is 5.75 Å². The Bertz CT molecular complexity index is 1040. The van der Waals surface area contributed by atoms with E-state index in [4.69, 9.17) is 19.5 Å². The summed E-state index contributed by atoms with van der Waals surface area (Å²) >= 11 is 0. The maximum Gasteiger partial charge on any atom is 0.336 e. The van der Waals surface area contributed by atoms with E-state index in [1.165, 1.54) is 0 Å². The second-order valence-electron chi connectivity index (χ2n) is 6.88. The van der Waals surface area contributed by atoms with Gasteiger partial charge >= 0.3 is 11.9 Å². The molecule has 7 heteroatoms. The van der Waals surface area contributed by atoms with Crippen LogP contribution in [-0.2, 0) is 19.1 Å². The van der Waals surface area contributed by atoms with Crippen LogP contribution in [0, 0.1) is 11.3 Å². The third-order valence-corrected chi connectivity index (χ3v) is 4.94. The molecule has 32 heavy (non-hydrogen) atoms. The minimum Gasteiger partial charge on any atom is -0.497 e. The van der Waals surface area contributed by atoms with Crippen LogP contribution in [0.15, 0.2) is 72.1 Å². The highest BCUT2D eigenvalue weighted by Crippen LogP contribution is 2.38. The van der Waals surface area contributed by atoms with E-state index in [-0.39, 0.29) is 24.4 Å². The summed E-state index contributed by atoms with van der Waals surface area (Å²) in [5, 5.41) is 9.12. The number of ether oxygens (including phenoxy) is 3. The van der Waals surface area contributed by atoms with E-state index < -0.39 is 17.9 Å². The molecule has 3 rings (SSSR count). The smallest absolute Gasteiger partial charge is 0.336 e. The van der Waals surface area contributed by atoms with Crippen LogP contribution in [0.2, 0.25) is 0 Å². The number of rotatable bonds is 7. The third kappa shape index (κ3) is 4.81. The predicted octanol–water partition coefficient (Wildman–Crippen LogP) is 4.06. The highest BCUT2D eigenvalue weighted by atomic mass is 16.5. The molecule has 0 unspecified atom stereocenters. The Morgan fingerprint density at radius 3 is 1.88 bits per heavy atom. The van der Waals surface area contributed by atoms with E-state index in [1.807, 2.05) is 12.1 Å². The lowest BCUT2D eigenvalue weighted by Crippen LogP contribution is -2.29. The van der Waals surface area contributed by atoms with Crippen molar-refractivity contribution in [1.29, 1.82) is 5.26 Å². The summed E-state index contributed by atoms with van der Waals surface area (Å²) in [6.45, 7) is 3.83. The van der Waals surface area contributed by atoms with Gasteiger partial charge in [-0.05, 0) is 55.8 Å². The number of methoxy groups -OCH3 is 1. The molecule has 0 saturated carbocycles. The standard InChI is InChI=1S/C25H24N2O5/c1-4-31-24(28)21-15-27(19-10-12-20(30-3)13-11-19)16-22(25(29)32-5-2)23(21)18-8-6-17(14-26)7-9-18/h6-13,15-16,23H,4-5H2,1-3H3. The number of carbonyl (C=O) groups excluding carboxylic acids is 2. The van der Waals surface area contributed by atoms with E-state index in [9.17, 15) is 9.59 Å². The van der Waals surface area contributed by atoms with E-state index >= 15 is 0 Å². The predicted molar refractivity (Wildman–Crippen MR) is 119 cm³/mol. The highest BCUT2D eigenvalue weighted by molar-refractivity contribution is 6.00. The summed E-state index contributed by atoms with van der Waals surface area (Å²) < 4.78 is 15.8. The fourth-order valence-electron chi connectivity index (χ4n) is 3.44. The van der Waals surface area contributed by atoms with Crippen molar-refractivity contribution >= 4 is 17.6 Å². The number of benzene rings is 2. The van der Waals surface area contributed by atoms with Gasteiger partial charge in [0, 0.05) is 18.1 Å². The van der Waals surface area contributed by atoms with Crippen LogP contribution in [0.1, 0.15) is 30.9 Å². The molecule has 164 valence electrons. The van der Waals surface area contributed by atoms with Gasteiger partial charge in [-0.2, -0.15) is 5.26 Å². The number of nitrogens with zero attached hydrogens (tertiary/aromatic N) is 2. The number of esters is 2. The van der Waals surface area contributed by atoms with Crippen molar-refractivity contribution < 1.29 is 23.8 Å². The molecule has 1 aliphatic heterocycles. The van der Waals surface area contributed by atoms with Crippen LogP contribution in [0.4, 0.5) is 5.69 Å². The molecule has 0 aromatic heterocycles. The first-order chi connectivity index (χ1) is 15.5. The zero-order valence-corrected chi connectivity index (χ0v) is 18.2. The van der Waals surface area contributed by atoms with Gasteiger partial charge in [0.1, 0.15) is 5.75 Å². The van der Waals surface area contributed by atoms with Crippen molar-refractivity contribution in [2.75, 3.05) is 25.2 Å². The Labute approximate surface area is 187 Å². The molecule has 0 fully saturated rings. The Hall–Kier alpha value is -4.05. The molecule has 0 aliphatic carbocycles. The zero-order chi connectivity index (χ0) is 23.1. The van der Waals surface area contributed by atoms with Crippen molar-refractivity contribution in [3.8, 4) is 11.8 Å². The van der Waals surface area contributed by atoms with Crippen LogP contribution in [-0.4, -0.2) is 32.3 Å². The monoisotopic (exact) mass is 432 g/mol. The Morgan fingerprint density at radius 2 is 1.44 bits per heavy atom. The van der Waals surface area contributed by atoms with E-state index in [2.05, 4.69) is 6.07 Å². The summed E-state index contributed by atoms with van der Waals surface area (Å²) in [5.74, 6) is -1.08. The Morgan fingerprint density at radius 1 is 0.906 bits per heavy atom. The summed E-state index contributed by atoms with van der Waals surface area (Å²) in [7, 11) is 1.58. The number of carbonyl (C=O) groups is 2. The second kappa shape index (κ2) is 10.3. The largest absolute Gasteiger partial charge is 0.497 e. The molecule has 0 radical (unpaired) electrons. The van der Waals surface area contributed by atoms with E-state index in [1.54, 1.807) is 74.7 Å². The van der Waals surface area contributed by atoms with Crippen molar-refractivity contribution in [3.63, 3.8) is 0 Å². The first-order valence-corrected chi connectivity index (χ1v) is 10.2. The molecule has 7 nitrogen and oxygen atoms in total. The lowest BCUT2D eigenvalue weighted by Gasteiger charge is -2.30. The minimum absolute atomic E-state index is 0.192. The number of anilines is 1. The average molecular weight is 432 g/mol. The van der Waals surface area contributed by atoms with E-state index in [0.29, 0.717) is 16.9 Å². The number of hydrogen-bond donors (Lipinski definition) is 0. The molecule has 0 N–H and O–H groups in total. The topological polar surface area (TPSA) is 88.9 Å². The van der Waals surface area contributed by atoms with E-state index in [0.717, 1.165) is 5.69 Å². The molecule has 2 aromatic rings. The Balaban J connectivity index is 2.14. The summed E-state index contributed by atoms with van der Waals surface area (Å²) in [6.07, 6.45) is 3.32. The summed E-state index contributed by atoms with van der Waals surface area (Å²) in [5.41, 5.74) is 2.47.